The van der Waals surface area contributed by atoms with Crippen molar-refractivity contribution in [1.82, 2.24) is 29.9 Å². The minimum absolute atomic E-state index is 0. The van der Waals surface area contributed by atoms with Gasteiger partial charge in [0, 0.05) is 11.4 Å². The predicted molar refractivity (Wildman–Crippen MR) is 143 cm³/mol. The third kappa shape index (κ3) is 10.3. The van der Waals surface area contributed by atoms with Gasteiger partial charge in [0.05, 0.1) is 9.79 Å². The van der Waals surface area contributed by atoms with Crippen molar-refractivity contribution >= 4 is 90.8 Å². The number of nitrogens with two attached hydrogens (primary N) is 2. The van der Waals surface area contributed by atoms with E-state index >= 15 is 0 Å². The predicted octanol–water partition coefficient (Wildman–Crippen LogP) is -4.00. The summed E-state index contributed by atoms with van der Waals surface area (Å²) in [5, 5.41) is 4.85. The van der Waals surface area contributed by atoms with Crippen LogP contribution in [-0.4, -0.2) is 55.8 Å². The monoisotopic (exact) mass is 702 g/mol. The van der Waals surface area contributed by atoms with Crippen LogP contribution in [0.25, 0.3) is 12.2 Å². The molecule has 0 aliphatic heterocycles. The second-order valence-electron chi connectivity index (χ2n) is 7.57. The van der Waals surface area contributed by atoms with Crippen molar-refractivity contribution < 1.29 is 129 Å². The molecule has 0 amide bonds. The Morgan fingerprint density at radius 1 is 0.643 bits per heavy atom. The first-order valence-electron chi connectivity index (χ1n) is 10.4. The van der Waals surface area contributed by atoms with E-state index in [1.54, 1.807) is 0 Å². The number of nitrogens with zero attached hydrogens (tertiary/aromatic N) is 6. The zero-order valence-corrected chi connectivity index (χ0v) is 30.9. The van der Waals surface area contributed by atoms with E-state index in [1.165, 1.54) is 24.3 Å². The van der Waals surface area contributed by atoms with E-state index in [-0.39, 0.29) is 160 Å². The van der Waals surface area contributed by atoms with Crippen LogP contribution in [0.15, 0.2) is 46.2 Å². The van der Waals surface area contributed by atoms with Gasteiger partial charge in [-0.3, -0.25) is 0 Å². The molecule has 0 aliphatic rings. The number of aromatic nitrogens is 6. The molecule has 42 heavy (non-hydrogen) atoms. The number of benzene rings is 2. The topological polar surface area (TPSA) is 268 Å². The van der Waals surface area contributed by atoms with Gasteiger partial charge in [-0.2, -0.15) is 29.9 Å². The van der Waals surface area contributed by atoms with Gasteiger partial charge < -0.3 is 31.2 Å². The summed E-state index contributed by atoms with van der Waals surface area (Å²) in [5.41, 5.74) is 11.0. The molecule has 2 heterocycles. The van der Waals surface area contributed by atoms with Crippen molar-refractivity contribution in [3.05, 3.63) is 58.1 Å². The molecule has 0 spiro atoms. The summed E-state index contributed by atoms with van der Waals surface area (Å²) in [6.07, 6.45) is 2.30. The second kappa shape index (κ2) is 15.4. The van der Waals surface area contributed by atoms with E-state index in [4.69, 9.17) is 34.7 Å². The van der Waals surface area contributed by atoms with Crippen LogP contribution >= 0.6 is 23.2 Å². The second-order valence-corrected chi connectivity index (χ2v) is 10.9. The molecule has 16 nitrogen and oxygen atoms in total. The number of hydrogen-bond donors (Lipinski definition) is 4. The van der Waals surface area contributed by atoms with Crippen molar-refractivity contribution in [2.24, 2.45) is 0 Å². The molecular weight excluding hydrogens is 690 g/mol. The van der Waals surface area contributed by atoms with Gasteiger partial charge >= 0.3 is 103 Å². The van der Waals surface area contributed by atoms with Gasteiger partial charge in [0.1, 0.15) is 20.2 Å². The van der Waals surface area contributed by atoms with Crippen LogP contribution in [0.5, 0.6) is 0 Å². The molecule has 0 bridgehead atoms. The standard InChI is InChI=1S/C20H16Cl2N10O6S2.2K/c21-15-27-17(23)31-19(29-15)25-11-5-3-9(13(7-11)39(33,34)35)1-2-10-4-6-12(8-14(10)40(36,37)38)26-20-30-16(22)28-18(24)32-20;;/h1-8H,(H,33,34,35)(H,36,37,38)(H3,23,25,27,29,31)(H3,24,26,28,30,32);;/q;2*+1/p-2. The Kier molecular flexibility index (Phi) is 13.6. The number of rotatable bonds is 8. The quantitative estimate of drug-likeness (QED) is 0.0774. The zero-order valence-electron chi connectivity index (χ0n) is 21.5. The molecule has 0 fully saturated rings. The van der Waals surface area contributed by atoms with Gasteiger partial charge in [-0.05, 0) is 58.6 Å². The zero-order chi connectivity index (χ0) is 29.2. The van der Waals surface area contributed by atoms with E-state index in [2.05, 4.69) is 40.5 Å². The molecule has 0 radical (unpaired) electrons. The number of anilines is 6. The van der Waals surface area contributed by atoms with Gasteiger partial charge in [-0.15, -0.1) is 0 Å². The van der Waals surface area contributed by atoms with E-state index < -0.39 is 30.0 Å². The van der Waals surface area contributed by atoms with Gasteiger partial charge in [0.25, 0.3) is 0 Å². The summed E-state index contributed by atoms with van der Waals surface area (Å²) in [7, 11) is -10.1. The number of nitrogens with one attached hydrogen (secondary N) is 2. The summed E-state index contributed by atoms with van der Waals surface area (Å²) in [4.78, 5) is 21.0. The average Bonchev–Trinajstić information content (AvgIpc) is 2.81. The Bertz CT molecular complexity index is 1710. The maximum Gasteiger partial charge on any atom is 1.00 e. The third-order valence-electron chi connectivity index (χ3n) is 4.77. The fraction of sp³-hybridized carbons (Fsp3) is 0. The van der Waals surface area contributed by atoms with Crippen LogP contribution in [0.3, 0.4) is 0 Å². The number of hydrogen-bond acceptors (Lipinski definition) is 16. The summed E-state index contributed by atoms with van der Waals surface area (Å²) in [6, 6.07) is 7.27. The fourth-order valence-electron chi connectivity index (χ4n) is 3.21. The summed E-state index contributed by atoms with van der Waals surface area (Å²) in [6.45, 7) is 0. The Labute approximate surface area is 333 Å². The normalized spacial score (nSPS) is 11.4. The van der Waals surface area contributed by atoms with Gasteiger partial charge in [-0.1, -0.05) is 24.3 Å². The molecule has 22 heteroatoms. The molecule has 0 saturated carbocycles. The Balaban J connectivity index is 0.00000308. The largest absolute Gasteiger partial charge is 1.00 e. The van der Waals surface area contributed by atoms with E-state index in [0.29, 0.717) is 0 Å². The van der Waals surface area contributed by atoms with E-state index in [0.717, 1.165) is 24.3 Å². The van der Waals surface area contributed by atoms with Crippen LogP contribution in [0.1, 0.15) is 11.1 Å². The van der Waals surface area contributed by atoms with E-state index in [9.17, 15) is 25.9 Å². The Morgan fingerprint density at radius 3 is 1.31 bits per heavy atom. The molecule has 0 saturated heterocycles. The van der Waals surface area contributed by atoms with Crippen LogP contribution in [0, 0.1) is 0 Å². The third-order valence-corrected chi connectivity index (χ3v) is 6.89. The SMILES string of the molecule is Nc1nc(Cl)nc(Nc2ccc(C=Cc3ccc(Nc4nc(N)nc(Cl)n4)cc3S(=O)(=O)[O-])c(S(=O)(=O)[O-])c2)n1.[K+].[K+]. The first kappa shape index (κ1) is 37.3. The Morgan fingerprint density at radius 2 is 1.00 bits per heavy atom. The maximum absolute atomic E-state index is 12.0. The van der Waals surface area contributed by atoms with Crippen molar-refractivity contribution in [2.45, 2.75) is 9.79 Å². The van der Waals surface area contributed by atoms with E-state index in [1.807, 2.05) is 0 Å². The van der Waals surface area contributed by atoms with Gasteiger partial charge in [0.2, 0.25) is 34.4 Å². The molecule has 0 atom stereocenters. The first-order chi connectivity index (χ1) is 18.7. The van der Waals surface area contributed by atoms with Gasteiger partial charge in [-0.25, -0.2) is 16.8 Å². The molecule has 6 N–H and O–H groups in total. The summed E-state index contributed by atoms with van der Waals surface area (Å²) >= 11 is 11.5. The van der Waals surface area contributed by atoms with Crippen molar-refractivity contribution in [1.29, 1.82) is 0 Å². The molecule has 2 aromatic heterocycles. The van der Waals surface area contributed by atoms with Crippen LogP contribution in [-0.2, 0) is 20.2 Å². The minimum Gasteiger partial charge on any atom is -0.744 e. The Hall–Kier alpha value is -0.927. The smallest absolute Gasteiger partial charge is 0.744 e. The average molecular weight is 704 g/mol. The fourth-order valence-corrected chi connectivity index (χ4v) is 4.94. The molecular formula is C20H14Cl2K2N10O6S2. The van der Waals surface area contributed by atoms with Crippen molar-refractivity contribution in [3.8, 4) is 0 Å². The van der Waals surface area contributed by atoms with Crippen LogP contribution in [0.2, 0.25) is 10.6 Å². The molecule has 2 aromatic carbocycles. The molecule has 0 aliphatic carbocycles. The van der Waals surface area contributed by atoms with Crippen molar-refractivity contribution in [3.63, 3.8) is 0 Å². The number of nitrogen functional groups attached to an aromatic ring is 2. The van der Waals surface area contributed by atoms with Gasteiger partial charge in [0.15, 0.2) is 0 Å². The number of halogens is 2. The molecule has 4 aromatic rings. The van der Waals surface area contributed by atoms with Crippen LogP contribution in [0.4, 0.5) is 35.2 Å². The molecule has 0 unspecified atom stereocenters. The van der Waals surface area contributed by atoms with Crippen LogP contribution < -0.4 is 125 Å². The van der Waals surface area contributed by atoms with Crippen molar-refractivity contribution in [2.75, 3.05) is 22.1 Å². The first-order valence-corrected chi connectivity index (χ1v) is 14.0. The maximum atomic E-state index is 12.0. The molecule has 208 valence electrons. The molecule has 4 rings (SSSR count). The minimum atomic E-state index is -5.03. The summed E-state index contributed by atoms with van der Waals surface area (Å²) in [5.74, 6) is -0.636. The summed E-state index contributed by atoms with van der Waals surface area (Å²) < 4.78 is 71.9.